The number of hydrogen-bond acceptors (Lipinski definition) is 5. The molecule has 3 N–H and O–H groups in total. The highest BCUT2D eigenvalue weighted by molar-refractivity contribution is 7.92. The number of nitrogens with one attached hydrogen (secondary N) is 3. The molecule has 0 saturated carbocycles. The fraction of sp³-hybridized carbons (Fsp3) is 0.273. The van der Waals surface area contributed by atoms with E-state index < -0.39 is 16.1 Å². The minimum absolute atomic E-state index is 0. The number of carbonyl (C=O) groups is 1. The molecule has 1 heterocycles. The van der Waals surface area contributed by atoms with Crippen molar-refractivity contribution >= 4 is 44.8 Å². The molecule has 0 unspecified atom stereocenters. The van der Waals surface area contributed by atoms with E-state index in [1.165, 1.54) is 0 Å². The van der Waals surface area contributed by atoms with Crippen molar-refractivity contribution < 1.29 is 20.8 Å². The number of ether oxygens (including phenoxy) is 1. The molecule has 0 saturated heterocycles. The number of hydrogen-bond donors (Lipinski definition) is 3. The van der Waals surface area contributed by atoms with E-state index in [9.17, 15) is 13.2 Å². The minimum atomic E-state index is -3.28. The van der Waals surface area contributed by atoms with Crippen molar-refractivity contribution in [3.8, 4) is 0 Å². The molecule has 7 nitrogen and oxygen atoms in total. The van der Waals surface area contributed by atoms with Gasteiger partial charge in [0.05, 0.1) is 18.0 Å². The Morgan fingerprint density at radius 1 is 1.55 bits per heavy atom. The number of benzene rings is 1. The van der Waals surface area contributed by atoms with Gasteiger partial charge in [-0.3, -0.25) is 10.0 Å². The van der Waals surface area contributed by atoms with E-state index in [1.54, 1.807) is 25.1 Å². The molecule has 1 aliphatic heterocycles. The van der Waals surface area contributed by atoms with Crippen LogP contribution in [0.3, 0.4) is 0 Å². The van der Waals surface area contributed by atoms with Crippen molar-refractivity contribution in [1.29, 1.82) is 0 Å². The number of amides is 1. The topological polar surface area (TPSA) is 96.5 Å². The van der Waals surface area contributed by atoms with Crippen LogP contribution in [-0.2, 0) is 20.5 Å². The summed E-state index contributed by atoms with van der Waals surface area (Å²) in [5, 5.41) is 5.18. The minimum Gasteiger partial charge on any atom is -0.450 e. The molecule has 112 valence electrons. The number of thiocarbonyl (C=S) groups is 1. The molecule has 20 heavy (non-hydrogen) atoms. The Labute approximate surface area is 124 Å². The van der Waals surface area contributed by atoms with Crippen molar-refractivity contribution in [2.75, 3.05) is 16.6 Å². The van der Waals surface area contributed by atoms with Crippen molar-refractivity contribution in [1.82, 2.24) is 5.32 Å². The summed E-state index contributed by atoms with van der Waals surface area (Å²) in [7, 11) is -3.28. The predicted molar refractivity (Wildman–Crippen MR) is 83.3 cm³/mol. The van der Waals surface area contributed by atoms with Crippen molar-refractivity contribution in [3.63, 3.8) is 0 Å². The molecule has 0 fully saturated rings. The lowest BCUT2D eigenvalue weighted by Crippen LogP contribution is -2.34. The second kappa shape index (κ2) is 5.63. The van der Waals surface area contributed by atoms with E-state index in [0.717, 1.165) is 0 Å². The zero-order valence-corrected chi connectivity index (χ0v) is 12.2. The maximum atomic E-state index is 11.4. The molecule has 0 aromatic heterocycles. The molecule has 9 heteroatoms. The predicted octanol–water partition coefficient (Wildman–Crippen LogP) is 1.88. The Morgan fingerprint density at radius 2 is 2.30 bits per heavy atom. The van der Waals surface area contributed by atoms with Gasteiger partial charge >= 0.3 is 6.09 Å². The van der Waals surface area contributed by atoms with Crippen LogP contribution in [-0.4, -0.2) is 26.2 Å². The van der Waals surface area contributed by atoms with Crippen LogP contribution in [0.15, 0.2) is 18.2 Å². The number of sulfonamides is 1. The molecule has 1 aromatic carbocycles. The number of fused-ring (bicyclic) bond motifs is 1. The van der Waals surface area contributed by atoms with E-state index in [4.69, 9.17) is 12.2 Å². The van der Waals surface area contributed by atoms with Gasteiger partial charge in [-0.1, -0.05) is 6.07 Å². The Hall–Kier alpha value is -1.87. The lowest BCUT2D eigenvalue weighted by Gasteiger charge is -2.10. The Bertz CT molecular complexity index is 667. The number of alkyl carbamates (subject to hydrolysis) is 1. The monoisotopic (exact) mass is 319 g/mol. The molecule has 1 amide bonds. The second-order valence-corrected chi connectivity index (χ2v) is 6.16. The van der Waals surface area contributed by atoms with Crippen LogP contribution in [0.1, 0.15) is 15.3 Å². The summed E-state index contributed by atoms with van der Waals surface area (Å²) < 4.78 is 29.9. The fourth-order valence-corrected chi connectivity index (χ4v) is 3.17. The second-order valence-electron chi connectivity index (χ2n) is 4.03. The molecular formula is C11H17N3O4S2. The van der Waals surface area contributed by atoms with Crippen LogP contribution in [0.25, 0.3) is 0 Å². The summed E-state index contributed by atoms with van der Waals surface area (Å²) >= 11 is 4.94. The first-order valence-electron chi connectivity index (χ1n) is 5.78. The normalized spacial score (nSPS) is 14.8. The van der Waals surface area contributed by atoms with Gasteiger partial charge in [0, 0.05) is 8.54 Å². The lowest BCUT2D eigenvalue weighted by atomic mass is 10.2. The standard InChI is InChI=1S/C11H13N3O4S2.2H2/c1-2-18-11(15)13-10(19)12-8-4-3-7-6-20(16,17)14-9(7)5-8;;/h3-5,14H,2,6H2,1H3,(H2,12,13,15,19);2*1H. The molecule has 0 bridgehead atoms. The van der Waals surface area contributed by atoms with Gasteiger partial charge in [-0.05, 0) is 36.8 Å². The van der Waals surface area contributed by atoms with Crippen molar-refractivity contribution in [2.24, 2.45) is 0 Å². The summed E-state index contributed by atoms with van der Waals surface area (Å²) in [5.41, 5.74) is 1.77. The van der Waals surface area contributed by atoms with Gasteiger partial charge in [-0.15, -0.1) is 0 Å². The number of rotatable bonds is 2. The third-order valence-electron chi connectivity index (χ3n) is 2.47. The highest BCUT2D eigenvalue weighted by Gasteiger charge is 2.23. The Kier molecular flexibility index (Phi) is 4.09. The average Bonchev–Trinajstić information content (AvgIpc) is 2.62. The van der Waals surface area contributed by atoms with Gasteiger partial charge in [0.1, 0.15) is 0 Å². The van der Waals surface area contributed by atoms with E-state index >= 15 is 0 Å². The van der Waals surface area contributed by atoms with Crippen LogP contribution in [0.5, 0.6) is 0 Å². The highest BCUT2D eigenvalue weighted by atomic mass is 32.2. The van der Waals surface area contributed by atoms with Crippen LogP contribution in [0, 0.1) is 0 Å². The Morgan fingerprint density at radius 3 is 3.00 bits per heavy atom. The number of carbonyl (C=O) groups excluding carboxylic acids is 1. The van der Waals surface area contributed by atoms with Gasteiger partial charge < -0.3 is 10.1 Å². The zero-order chi connectivity index (χ0) is 14.8. The highest BCUT2D eigenvalue weighted by Crippen LogP contribution is 2.29. The molecule has 0 radical (unpaired) electrons. The van der Waals surface area contributed by atoms with Gasteiger partial charge in [-0.2, -0.15) is 0 Å². The molecule has 0 aliphatic carbocycles. The quantitative estimate of drug-likeness (QED) is 0.720. The molecule has 1 aromatic rings. The van der Waals surface area contributed by atoms with Gasteiger partial charge in [0.15, 0.2) is 5.11 Å². The van der Waals surface area contributed by atoms with E-state index in [-0.39, 0.29) is 20.3 Å². The van der Waals surface area contributed by atoms with Crippen LogP contribution in [0.2, 0.25) is 0 Å². The molecule has 1 aliphatic rings. The maximum Gasteiger partial charge on any atom is 0.413 e. The molecule has 2 rings (SSSR count). The smallest absolute Gasteiger partial charge is 0.413 e. The third kappa shape index (κ3) is 3.58. The first-order valence-corrected chi connectivity index (χ1v) is 7.84. The molecule has 0 atom stereocenters. The first-order chi connectivity index (χ1) is 9.39. The van der Waals surface area contributed by atoms with Crippen LogP contribution >= 0.6 is 12.2 Å². The fourth-order valence-electron chi connectivity index (χ4n) is 1.71. The largest absolute Gasteiger partial charge is 0.450 e. The summed E-state index contributed by atoms with van der Waals surface area (Å²) in [6.45, 7) is 1.93. The van der Waals surface area contributed by atoms with Gasteiger partial charge in [0.25, 0.3) is 0 Å². The van der Waals surface area contributed by atoms with Gasteiger partial charge in [-0.25, -0.2) is 13.2 Å². The van der Waals surface area contributed by atoms with E-state index in [1.807, 2.05) is 0 Å². The van der Waals surface area contributed by atoms with Crippen molar-refractivity contribution in [3.05, 3.63) is 23.8 Å². The van der Waals surface area contributed by atoms with Crippen LogP contribution in [0.4, 0.5) is 16.2 Å². The summed E-state index contributed by atoms with van der Waals surface area (Å²) in [4.78, 5) is 11.2. The SMILES string of the molecule is CCOC(=O)NC(=S)Nc1ccc2c(c1)NS(=O)(=O)C2.[HH].[HH]. The molecule has 0 spiro atoms. The van der Waals surface area contributed by atoms with Crippen molar-refractivity contribution in [2.45, 2.75) is 12.7 Å². The lowest BCUT2D eigenvalue weighted by molar-refractivity contribution is 0.158. The summed E-state index contributed by atoms with van der Waals surface area (Å²) in [6, 6.07) is 4.97. The van der Waals surface area contributed by atoms with Gasteiger partial charge in [0.2, 0.25) is 10.0 Å². The number of anilines is 2. The zero-order valence-electron chi connectivity index (χ0n) is 10.6. The summed E-state index contributed by atoms with van der Waals surface area (Å²) in [6.07, 6.45) is -0.646. The summed E-state index contributed by atoms with van der Waals surface area (Å²) in [5.74, 6) is -0.0336. The Balaban J connectivity index is 0.00000220. The maximum absolute atomic E-state index is 11.4. The van der Waals surface area contributed by atoms with E-state index in [0.29, 0.717) is 16.9 Å². The van der Waals surface area contributed by atoms with Crippen LogP contribution < -0.4 is 15.4 Å². The molecular weight excluding hydrogens is 302 g/mol. The van der Waals surface area contributed by atoms with E-state index in [2.05, 4.69) is 20.1 Å². The third-order valence-corrected chi connectivity index (χ3v) is 3.90. The first kappa shape index (κ1) is 14.5. The average molecular weight is 319 g/mol.